The maximum Gasteiger partial charge on any atom is 0.246 e. The topological polar surface area (TPSA) is 127 Å². The van der Waals surface area contributed by atoms with E-state index in [0.29, 0.717) is 47.5 Å². The van der Waals surface area contributed by atoms with E-state index in [1.54, 1.807) is 21.7 Å². The van der Waals surface area contributed by atoms with Gasteiger partial charge in [-0.05, 0) is 41.5 Å². The van der Waals surface area contributed by atoms with E-state index in [2.05, 4.69) is 23.1 Å². The van der Waals surface area contributed by atoms with Crippen molar-refractivity contribution < 1.29 is 14.7 Å². The number of aromatic hydroxyl groups is 1. The van der Waals surface area contributed by atoms with Gasteiger partial charge in [-0.25, -0.2) is 14.6 Å². The maximum absolute atomic E-state index is 12.5. The van der Waals surface area contributed by atoms with Gasteiger partial charge in [-0.1, -0.05) is 43.5 Å². The van der Waals surface area contributed by atoms with Crippen LogP contribution < -0.4 is 5.73 Å². The van der Waals surface area contributed by atoms with Crippen LogP contribution in [0.15, 0.2) is 80.2 Å². The molecule has 0 spiro atoms. The molecular weight excluding hydrogens is 456 g/mol. The second-order valence-electron chi connectivity index (χ2n) is 8.21. The Hall–Kier alpha value is -4.79. The van der Waals surface area contributed by atoms with Crippen molar-refractivity contribution in [1.29, 1.82) is 0 Å². The third-order valence-electron chi connectivity index (χ3n) is 5.70. The predicted octanol–water partition coefficient (Wildman–Crippen LogP) is 3.29. The van der Waals surface area contributed by atoms with E-state index in [0.717, 1.165) is 5.56 Å². The van der Waals surface area contributed by atoms with Gasteiger partial charge in [-0.3, -0.25) is 9.59 Å². The monoisotopic (exact) mass is 482 g/mol. The molecule has 4 aromatic rings. The number of phenolic OH excluding ortho intramolecular Hbond substituents is 1. The summed E-state index contributed by atoms with van der Waals surface area (Å²) in [5, 5.41) is 15.5. The second kappa shape index (κ2) is 10.6. The zero-order chi connectivity index (χ0) is 25.7. The molecular formula is C27H26N6O3. The first kappa shape index (κ1) is 24.3. The van der Waals surface area contributed by atoms with Crippen molar-refractivity contribution in [3.05, 3.63) is 91.3 Å². The van der Waals surface area contributed by atoms with E-state index < -0.39 is 0 Å². The first-order valence-corrected chi connectivity index (χ1v) is 11.3. The SMILES string of the molecule is C=CC(=O)Cc1cc(O)cc(-c2nn(CCN(Cc3ccccc3)C(=O)C=C)c3ncnc(N)c23)c1. The normalized spacial score (nSPS) is 10.8. The molecule has 36 heavy (non-hydrogen) atoms. The summed E-state index contributed by atoms with van der Waals surface area (Å²) in [5.41, 5.74) is 9.33. The summed E-state index contributed by atoms with van der Waals surface area (Å²) in [6, 6.07) is 14.5. The lowest BCUT2D eigenvalue weighted by molar-refractivity contribution is -0.126. The molecule has 0 saturated carbocycles. The second-order valence-corrected chi connectivity index (χ2v) is 8.21. The molecule has 3 N–H and O–H groups in total. The van der Waals surface area contributed by atoms with Crippen LogP contribution in [0.3, 0.4) is 0 Å². The molecule has 9 heteroatoms. The molecule has 4 rings (SSSR count). The van der Waals surface area contributed by atoms with Crippen LogP contribution in [0.1, 0.15) is 11.1 Å². The number of ketones is 1. The van der Waals surface area contributed by atoms with Crippen LogP contribution in [0, 0.1) is 0 Å². The van der Waals surface area contributed by atoms with E-state index in [1.165, 1.54) is 24.5 Å². The number of nitrogen functional groups attached to an aromatic ring is 1. The number of allylic oxidation sites excluding steroid dienone is 1. The fourth-order valence-corrected chi connectivity index (χ4v) is 3.99. The molecule has 2 heterocycles. The van der Waals surface area contributed by atoms with E-state index >= 15 is 0 Å². The molecule has 182 valence electrons. The van der Waals surface area contributed by atoms with Gasteiger partial charge in [0.05, 0.1) is 11.9 Å². The summed E-state index contributed by atoms with van der Waals surface area (Å²) >= 11 is 0. The van der Waals surface area contributed by atoms with Crippen LogP contribution in [0.5, 0.6) is 5.75 Å². The van der Waals surface area contributed by atoms with Gasteiger partial charge in [-0.2, -0.15) is 5.10 Å². The Morgan fingerprint density at radius 3 is 2.56 bits per heavy atom. The summed E-state index contributed by atoms with van der Waals surface area (Å²) in [5.74, 6) is -0.149. The van der Waals surface area contributed by atoms with Gasteiger partial charge in [0.15, 0.2) is 11.4 Å². The molecule has 0 unspecified atom stereocenters. The number of anilines is 1. The van der Waals surface area contributed by atoms with Crippen molar-refractivity contribution in [3.63, 3.8) is 0 Å². The molecule has 0 saturated heterocycles. The first-order valence-electron chi connectivity index (χ1n) is 11.3. The highest BCUT2D eigenvalue weighted by atomic mass is 16.3. The third kappa shape index (κ3) is 5.30. The molecule has 0 aliphatic heterocycles. The molecule has 2 aromatic heterocycles. The quantitative estimate of drug-likeness (QED) is 0.332. The number of hydrogen-bond acceptors (Lipinski definition) is 7. The average Bonchev–Trinajstić information content (AvgIpc) is 3.26. The standard InChI is InChI=1S/C27H26N6O3/c1-3-21(34)13-19-12-20(15-22(35)14-19)25-24-26(28)29-17-30-27(24)33(31-25)11-10-32(23(36)4-2)16-18-8-6-5-7-9-18/h3-9,12,14-15,17,35H,1-2,10-11,13,16H2,(H2,28,29,30). The van der Waals surface area contributed by atoms with E-state index in [-0.39, 0.29) is 29.7 Å². The highest BCUT2D eigenvalue weighted by Crippen LogP contribution is 2.33. The molecule has 0 fully saturated rings. The predicted molar refractivity (Wildman–Crippen MR) is 138 cm³/mol. The van der Waals surface area contributed by atoms with Crippen LogP contribution in [0.25, 0.3) is 22.3 Å². The summed E-state index contributed by atoms with van der Waals surface area (Å²) < 4.78 is 1.66. The van der Waals surface area contributed by atoms with E-state index in [4.69, 9.17) is 10.8 Å². The largest absolute Gasteiger partial charge is 0.508 e. The number of nitrogens with two attached hydrogens (primary N) is 1. The lowest BCUT2D eigenvalue weighted by Crippen LogP contribution is -2.32. The van der Waals surface area contributed by atoms with Crippen LogP contribution in [-0.4, -0.2) is 48.0 Å². The Kier molecular flexibility index (Phi) is 7.20. The van der Waals surface area contributed by atoms with Crippen LogP contribution >= 0.6 is 0 Å². The van der Waals surface area contributed by atoms with Gasteiger partial charge in [0.25, 0.3) is 0 Å². The Bertz CT molecular complexity index is 1440. The first-order chi connectivity index (χ1) is 17.4. The summed E-state index contributed by atoms with van der Waals surface area (Å²) in [6.45, 7) is 8.22. The summed E-state index contributed by atoms with van der Waals surface area (Å²) in [6.07, 6.45) is 3.97. The third-order valence-corrected chi connectivity index (χ3v) is 5.70. The zero-order valence-corrected chi connectivity index (χ0v) is 19.7. The Morgan fingerprint density at radius 1 is 1.06 bits per heavy atom. The molecule has 0 bridgehead atoms. The fraction of sp³-hybridized carbons (Fsp3) is 0.148. The summed E-state index contributed by atoms with van der Waals surface area (Å²) in [7, 11) is 0. The van der Waals surface area contributed by atoms with Crippen LogP contribution in [0.4, 0.5) is 5.82 Å². The van der Waals surface area contributed by atoms with E-state index in [1.807, 2.05) is 30.3 Å². The summed E-state index contributed by atoms with van der Waals surface area (Å²) in [4.78, 5) is 34.6. The van der Waals surface area contributed by atoms with Crippen molar-refractivity contribution in [2.75, 3.05) is 12.3 Å². The van der Waals surface area contributed by atoms with Crippen molar-refractivity contribution in [1.82, 2.24) is 24.6 Å². The highest BCUT2D eigenvalue weighted by molar-refractivity contribution is 5.98. The van der Waals surface area contributed by atoms with Crippen molar-refractivity contribution in [3.8, 4) is 17.0 Å². The molecule has 0 atom stereocenters. The Balaban J connectivity index is 1.70. The Morgan fingerprint density at radius 2 is 1.83 bits per heavy atom. The van der Waals surface area contributed by atoms with E-state index in [9.17, 15) is 14.7 Å². The number of hydrogen-bond donors (Lipinski definition) is 2. The number of aromatic nitrogens is 4. The highest BCUT2D eigenvalue weighted by Gasteiger charge is 2.20. The molecule has 2 aromatic carbocycles. The molecule has 0 radical (unpaired) electrons. The molecule has 1 amide bonds. The van der Waals surface area contributed by atoms with Gasteiger partial charge in [-0.15, -0.1) is 0 Å². The van der Waals surface area contributed by atoms with Gasteiger partial charge in [0.2, 0.25) is 5.91 Å². The van der Waals surface area contributed by atoms with Crippen LogP contribution in [-0.2, 0) is 29.1 Å². The van der Waals surface area contributed by atoms with Crippen LogP contribution in [0.2, 0.25) is 0 Å². The number of rotatable bonds is 10. The van der Waals surface area contributed by atoms with Gasteiger partial charge in [0.1, 0.15) is 23.6 Å². The number of carbonyl (C=O) groups is 2. The minimum atomic E-state index is -0.200. The number of nitrogens with zero attached hydrogens (tertiary/aromatic N) is 5. The minimum absolute atomic E-state index is 0.0110. The number of carbonyl (C=O) groups excluding carboxylic acids is 2. The van der Waals surface area contributed by atoms with Crippen molar-refractivity contribution in [2.24, 2.45) is 0 Å². The minimum Gasteiger partial charge on any atom is -0.508 e. The number of benzene rings is 2. The van der Waals surface area contributed by atoms with Crippen molar-refractivity contribution in [2.45, 2.75) is 19.5 Å². The lowest BCUT2D eigenvalue weighted by Gasteiger charge is -2.21. The number of phenols is 1. The van der Waals surface area contributed by atoms with Gasteiger partial charge in [0, 0.05) is 25.1 Å². The Labute approximate surface area is 208 Å². The van der Waals surface area contributed by atoms with Crippen molar-refractivity contribution >= 4 is 28.5 Å². The average molecular weight is 483 g/mol. The van der Waals surface area contributed by atoms with Gasteiger partial charge < -0.3 is 15.7 Å². The molecule has 0 aliphatic carbocycles. The maximum atomic E-state index is 12.5. The number of fused-ring (bicyclic) bond motifs is 1. The lowest BCUT2D eigenvalue weighted by atomic mass is 10.0. The fourth-order valence-electron chi connectivity index (χ4n) is 3.99. The number of amides is 1. The smallest absolute Gasteiger partial charge is 0.246 e. The molecule has 9 nitrogen and oxygen atoms in total. The van der Waals surface area contributed by atoms with Gasteiger partial charge >= 0.3 is 0 Å². The molecule has 0 aliphatic rings. The zero-order valence-electron chi connectivity index (χ0n) is 19.7.